The van der Waals surface area contributed by atoms with Crippen LogP contribution in [0.4, 0.5) is 22.0 Å². The van der Waals surface area contributed by atoms with E-state index in [1.54, 1.807) is 13.0 Å². The molecule has 0 atom stereocenters. The molecule has 0 spiro atoms. The summed E-state index contributed by atoms with van der Waals surface area (Å²) in [5.41, 5.74) is 2.57. The van der Waals surface area contributed by atoms with E-state index in [2.05, 4.69) is 18.6 Å². The number of hydrogen-bond acceptors (Lipinski definition) is 5. The molecular weight excluding hydrogens is 499 g/mol. The minimum absolute atomic E-state index is 0.0634. The van der Waals surface area contributed by atoms with E-state index < -0.39 is 47.4 Å². The van der Waals surface area contributed by atoms with Gasteiger partial charge >= 0.3 is 5.97 Å². The lowest BCUT2D eigenvalue weighted by Gasteiger charge is -2.11. The zero-order valence-corrected chi connectivity index (χ0v) is 19.8. The topological polar surface area (TPSA) is 61.8 Å². The number of halogens is 5. The summed E-state index contributed by atoms with van der Waals surface area (Å²) >= 11 is 0. The van der Waals surface area contributed by atoms with Crippen molar-refractivity contribution in [2.75, 3.05) is 6.61 Å². The van der Waals surface area contributed by atoms with Crippen molar-refractivity contribution in [3.63, 3.8) is 0 Å². The second-order valence-corrected chi connectivity index (χ2v) is 8.54. The summed E-state index contributed by atoms with van der Waals surface area (Å²) in [6, 6.07) is 10.2. The molecule has 3 aromatic rings. The number of ketones is 1. The molecule has 0 saturated carbocycles. The van der Waals surface area contributed by atoms with Crippen molar-refractivity contribution >= 4 is 17.8 Å². The Labute approximate surface area is 208 Å². The molecule has 10 heteroatoms. The summed E-state index contributed by atoms with van der Waals surface area (Å²) in [5, 5.41) is 0. The third-order valence-electron chi connectivity index (χ3n) is 5.58. The lowest BCUT2D eigenvalue weighted by molar-refractivity contribution is -0.136. The molecule has 0 unspecified atom stereocenters. The number of ether oxygens (including phenoxy) is 3. The van der Waals surface area contributed by atoms with Crippen LogP contribution < -0.4 is 14.2 Å². The van der Waals surface area contributed by atoms with Gasteiger partial charge in [-0.25, -0.2) is 18.0 Å². The van der Waals surface area contributed by atoms with E-state index in [1.165, 1.54) is 12.1 Å². The van der Waals surface area contributed by atoms with Gasteiger partial charge in [0.05, 0.1) is 5.56 Å². The highest BCUT2D eigenvalue weighted by molar-refractivity contribution is 6.15. The molecule has 37 heavy (non-hydrogen) atoms. The van der Waals surface area contributed by atoms with Crippen LogP contribution in [0.5, 0.6) is 17.2 Å². The van der Waals surface area contributed by atoms with Gasteiger partial charge < -0.3 is 14.2 Å². The van der Waals surface area contributed by atoms with E-state index in [0.29, 0.717) is 11.5 Å². The number of carbonyl (C=O) groups is 2. The highest BCUT2D eigenvalue weighted by atomic mass is 19.2. The van der Waals surface area contributed by atoms with Crippen molar-refractivity contribution in [2.45, 2.75) is 26.7 Å². The van der Waals surface area contributed by atoms with E-state index in [4.69, 9.17) is 9.47 Å². The Morgan fingerprint density at radius 3 is 2.14 bits per heavy atom. The second-order valence-electron chi connectivity index (χ2n) is 8.54. The maximum Gasteiger partial charge on any atom is 0.349 e. The number of allylic oxidation sites excluding steroid dienone is 1. The van der Waals surface area contributed by atoms with E-state index in [-0.39, 0.29) is 28.6 Å². The van der Waals surface area contributed by atoms with Crippen molar-refractivity contribution in [3.8, 4) is 17.2 Å². The van der Waals surface area contributed by atoms with Crippen molar-refractivity contribution in [2.24, 2.45) is 0 Å². The average Bonchev–Trinajstić information content (AvgIpc) is 3.16. The van der Waals surface area contributed by atoms with Crippen molar-refractivity contribution in [1.82, 2.24) is 0 Å². The molecule has 1 heterocycles. The standard InChI is InChI=1S/C27H19F5O5/c1-12(2)15-6-4-14(5-7-15)9-18-26(34)20-13(3)8-16(10-17(20)37-18)36-19(33)11-35-27-24(31)22(29)21(28)23(30)25(27)32/h4-10,12H,11H2,1-3H3/b18-9-. The third-order valence-corrected chi connectivity index (χ3v) is 5.58. The molecule has 5 nitrogen and oxygen atoms in total. The number of esters is 1. The van der Waals surface area contributed by atoms with Crippen LogP contribution in [0.1, 0.15) is 46.8 Å². The summed E-state index contributed by atoms with van der Waals surface area (Å²) in [6.07, 6.45) is 1.58. The molecule has 1 aliphatic rings. The van der Waals surface area contributed by atoms with Crippen molar-refractivity contribution in [3.05, 3.63) is 93.5 Å². The molecule has 0 radical (unpaired) electrons. The summed E-state index contributed by atoms with van der Waals surface area (Å²) in [4.78, 5) is 25.0. The fourth-order valence-corrected chi connectivity index (χ4v) is 3.67. The van der Waals surface area contributed by atoms with Crippen molar-refractivity contribution < 1.29 is 45.8 Å². The lowest BCUT2D eigenvalue weighted by atomic mass is 10.0. The normalized spacial score (nSPS) is 13.6. The van der Waals surface area contributed by atoms with E-state index in [1.807, 2.05) is 24.3 Å². The van der Waals surface area contributed by atoms with Crippen LogP contribution in [0.3, 0.4) is 0 Å². The van der Waals surface area contributed by atoms with E-state index in [9.17, 15) is 31.5 Å². The quantitative estimate of drug-likeness (QED) is 0.0942. The Balaban J connectivity index is 1.48. The molecule has 0 fully saturated rings. The Morgan fingerprint density at radius 1 is 0.946 bits per heavy atom. The predicted octanol–water partition coefficient (Wildman–Crippen LogP) is 6.41. The molecular formula is C27H19F5O5. The first-order chi connectivity index (χ1) is 17.5. The van der Waals surface area contributed by atoms with Gasteiger partial charge in [0, 0.05) is 6.07 Å². The monoisotopic (exact) mass is 518 g/mol. The molecule has 0 bridgehead atoms. The first-order valence-corrected chi connectivity index (χ1v) is 11.0. The van der Waals surface area contributed by atoms with Gasteiger partial charge in [0.2, 0.25) is 34.9 Å². The first kappa shape index (κ1) is 25.9. The van der Waals surface area contributed by atoms with Crippen LogP contribution in [0, 0.1) is 36.0 Å². The van der Waals surface area contributed by atoms with Crippen LogP contribution >= 0.6 is 0 Å². The molecule has 0 saturated heterocycles. The number of benzene rings is 3. The zero-order chi connectivity index (χ0) is 27.0. The zero-order valence-electron chi connectivity index (χ0n) is 19.8. The highest BCUT2D eigenvalue weighted by Gasteiger charge is 2.31. The van der Waals surface area contributed by atoms with Gasteiger partial charge in [-0.15, -0.1) is 0 Å². The molecule has 0 aromatic heterocycles. The van der Waals surface area contributed by atoms with Gasteiger partial charge in [-0.2, -0.15) is 8.78 Å². The maximum absolute atomic E-state index is 13.7. The van der Waals surface area contributed by atoms with Gasteiger partial charge in [-0.05, 0) is 41.7 Å². The Morgan fingerprint density at radius 2 is 1.54 bits per heavy atom. The van der Waals surface area contributed by atoms with Crippen LogP contribution in [0.15, 0.2) is 42.2 Å². The average molecular weight is 518 g/mol. The number of fused-ring (bicyclic) bond motifs is 1. The summed E-state index contributed by atoms with van der Waals surface area (Å²) in [6.45, 7) is 4.55. The molecule has 4 rings (SSSR count). The fraction of sp³-hybridized carbons (Fsp3) is 0.185. The smallest absolute Gasteiger partial charge is 0.349 e. The highest BCUT2D eigenvalue weighted by Crippen LogP contribution is 2.38. The predicted molar refractivity (Wildman–Crippen MR) is 122 cm³/mol. The Kier molecular flexibility index (Phi) is 7.02. The summed E-state index contributed by atoms with van der Waals surface area (Å²) < 4.78 is 82.4. The fourth-order valence-electron chi connectivity index (χ4n) is 3.67. The van der Waals surface area contributed by atoms with E-state index in [0.717, 1.165) is 11.1 Å². The summed E-state index contributed by atoms with van der Waals surface area (Å²) in [5.74, 6) is -13.9. The molecule has 0 amide bonds. The van der Waals surface area contributed by atoms with Gasteiger partial charge in [0.1, 0.15) is 11.5 Å². The van der Waals surface area contributed by atoms with Crippen LogP contribution in [-0.4, -0.2) is 18.4 Å². The van der Waals surface area contributed by atoms with E-state index >= 15 is 0 Å². The minimum atomic E-state index is -2.35. The van der Waals surface area contributed by atoms with Gasteiger partial charge in [0.25, 0.3) is 0 Å². The number of carbonyl (C=O) groups excluding carboxylic acids is 2. The van der Waals surface area contributed by atoms with Crippen molar-refractivity contribution in [1.29, 1.82) is 0 Å². The van der Waals surface area contributed by atoms with Gasteiger partial charge in [0.15, 0.2) is 18.1 Å². The minimum Gasteiger partial charge on any atom is -0.476 e. The number of Topliss-reactive ketones (excluding diaryl/α,β-unsaturated/α-hetero) is 1. The van der Waals surface area contributed by atoms with Crippen LogP contribution in [-0.2, 0) is 4.79 Å². The number of hydrogen-bond donors (Lipinski definition) is 0. The Bertz CT molecular complexity index is 1420. The first-order valence-electron chi connectivity index (χ1n) is 11.0. The maximum atomic E-state index is 13.7. The van der Waals surface area contributed by atoms with Gasteiger partial charge in [-0.3, -0.25) is 4.79 Å². The molecule has 192 valence electrons. The number of aryl methyl sites for hydroxylation is 1. The lowest BCUT2D eigenvalue weighted by Crippen LogP contribution is -2.19. The molecule has 3 aromatic carbocycles. The van der Waals surface area contributed by atoms with Crippen LogP contribution in [0.2, 0.25) is 0 Å². The van der Waals surface area contributed by atoms with Crippen LogP contribution in [0.25, 0.3) is 6.08 Å². The largest absolute Gasteiger partial charge is 0.476 e. The summed E-state index contributed by atoms with van der Waals surface area (Å²) in [7, 11) is 0. The molecule has 1 aliphatic heterocycles. The SMILES string of the molecule is Cc1cc(OC(=O)COc2c(F)c(F)c(F)c(F)c2F)cc2c1C(=O)/C(=C/c1ccc(C(C)C)cc1)O2. The molecule has 0 N–H and O–H groups in total. The Hall–Kier alpha value is -4.21. The second kappa shape index (κ2) is 10.0. The third kappa shape index (κ3) is 5.04. The molecule has 0 aliphatic carbocycles. The number of rotatable bonds is 6. The van der Waals surface area contributed by atoms with Gasteiger partial charge in [-0.1, -0.05) is 38.1 Å².